The van der Waals surface area contributed by atoms with Gasteiger partial charge in [-0.3, -0.25) is 9.59 Å². The fourth-order valence-corrected chi connectivity index (χ4v) is 6.30. The number of carbonyl (C=O) groups is 2. The van der Waals surface area contributed by atoms with Crippen molar-refractivity contribution in [3.05, 3.63) is 13.6 Å². The molecule has 1 atom stereocenters. The monoisotopic (exact) mass is 449 g/mol. The maximum atomic E-state index is 12.1. The molecule has 7 nitrogen and oxygen atoms in total. The highest BCUT2D eigenvalue weighted by Crippen LogP contribution is 2.34. The van der Waals surface area contributed by atoms with Crippen LogP contribution in [0.5, 0.6) is 0 Å². The van der Waals surface area contributed by atoms with Crippen LogP contribution in [0.4, 0.5) is 0 Å². The zero-order chi connectivity index (χ0) is 15.5. The van der Waals surface area contributed by atoms with Crippen LogP contribution in [0.15, 0.2) is 18.5 Å². The molecule has 0 saturated heterocycles. The molecule has 0 radical (unpaired) electrons. The molecular formula is C9H9Br2NO6S2. The lowest BCUT2D eigenvalue weighted by atomic mass is 10.2. The maximum absolute atomic E-state index is 12.1. The minimum Gasteiger partial charge on any atom is -0.481 e. The predicted molar refractivity (Wildman–Crippen MR) is 78.3 cm³/mol. The molecule has 112 valence electrons. The van der Waals surface area contributed by atoms with E-state index in [0.29, 0.717) is 7.57 Å². The summed E-state index contributed by atoms with van der Waals surface area (Å²) in [6, 6.07) is -0.172. The molecule has 1 aromatic rings. The Hall–Kier alpha value is -0.490. The molecule has 1 unspecified atom stereocenters. The van der Waals surface area contributed by atoms with E-state index in [4.69, 9.17) is 10.2 Å². The SMILES string of the molecule is O=C(O)CCC(NS(=O)(=O)c1cc(Br)sc1Br)C(=O)O. The van der Waals surface area contributed by atoms with Crippen molar-refractivity contribution in [3.8, 4) is 0 Å². The number of rotatable bonds is 7. The van der Waals surface area contributed by atoms with Crippen LogP contribution in [0.3, 0.4) is 0 Å². The molecule has 0 aliphatic carbocycles. The van der Waals surface area contributed by atoms with Gasteiger partial charge in [0.05, 0.1) is 7.57 Å². The van der Waals surface area contributed by atoms with Gasteiger partial charge < -0.3 is 10.2 Å². The van der Waals surface area contributed by atoms with Gasteiger partial charge in [-0.05, 0) is 44.3 Å². The third-order valence-electron chi connectivity index (χ3n) is 2.16. The molecule has 11 heteroatoms. The first-order valence-corrected chi connectivity index (χ1v) is 8.94. The number of carboxylic acid groups (broad SMARTS) is 2. The second kappa shape index (κ2) is 6.98. The lowest BCUT2D eigenvalue weighted by Crippen LogP contribution is -2.41. The first-order chi connectivity index (χ1) is 9.13. The Bertz CT molecular complexity index is 626. The molecule has 0 aromatic carbocycles. The summed E-state index contributed by atoms with van der Waals surface area (Å²) in [6.07, 6.45) is -0.791. The first-order valence-electron chi connectivity index (χ1n) is 5.05. The van der Waals surface area contributed by atoms with Crippen molar-refractivity contribution < 1.29 is 28.2 Å². The Morgan fingerprint density at radius 1 is 1.35 bits per heavy atom. The van der Waals surface area contributed by atoms with Gasteiger partial charge in [-0.25, -0.2) is 8.42 Å². The summed E-state index contributed by atoms with van der Waals surface area (Å²) in [5.74, 6) is -2.63. The van der Waals surface area contributed by atoms with E-state index in [0.717, 1.165) is 11.3 Å². The van der Waals surface area contributed by atoms with Gasteiger partial charge in [0.25, 0.3) is 0 Å². The average molecular weight is 451 g/mol. The van der Waals surface area contributed by atoms with E-state index in [2.05, 4.69) is 31.9 Å². The summed E-state index contributed by atoms with van der Waals surface area (Å²) in [6.45, 7) is 0. The summed E-state index contributed by atoms with van der Waals surface area (Å²) >= 11 is 7.32. The van der Waals surface area contributed by atoms with Crippen LogP contribution in [0.1, 0.15) is 12.8 Å². The molecule has 0 amide bonds. The Morgan fingerprint density at radius 2 is 1.95 bits per heavy atom. The van der Waals surface area contributed by atoms with Crippen molar-refractivity contribution in [1.29, 1.82) is 0 Å². The van der Waals surface area contributed by atoms with Crippen molar-refractivity contribution in [2.45, 2.75) is 23.8 Å². The molecule has 0 aliphatic rings. The Labute approximate surface area is 135 Å². The number of hydrogen-bond donors (Lipinski definition) is 3. The van der Waals surface area contributed by atoms with Crippen molar-refractivity contribution in [2.75, 3.05) is 0 Å². The van der Waals surface area contributed by atoms with Crippen molar-refractivity contribution in [3.63, 3.8) is 0 Å². The number of carboxylic acids is 2. The number of hydrogen-bond acceptors (Lipinski definition) is 5. The quantitative estimate of drug-likeness (QED) is 0.583. The van der Waals surface area contributed by atoms with Crippen LogP contribution >= 0.6 is 43.2 Å². The number of nitrogens with one attached hydrogen (secondary N) is 1. The summed E-state index contributed by atoms with van der Waals surface area (Å²) in [5, 5.41) is 17.5. The van der Waals surface area contributed by atoms with Crippen LogP contribution in [-0.2, 0) is 19.6 Å². The van der Waals surface area contributed by atoms with E-state index >= 15 is 0 Å². The average Bonchev–Trinajstić information content (AvgIpc) is 2.64. The molecule has 20 heavy (non-hydrogen) atoms. The van der Waals surface area contributed by atoms with Crippen molar-refractivity contribution in [1.82, 2.24) is 4.72 Å². The summed E-state index contributed by atoms with van der Waals surface area (Å²) < 4.78 is 27.0. The lowest BCUT2D eigenvalue weighted by molar-refractivity contribution is -0.140. The van der Waals surface area contributed by atoms with E-state index in [1.165, 1.54) is 6.07 Å². The van der Waals surface area contributed by atoms with Crippen LogP contribution in [-0.4, -0.2) is 36.6 Å². The maximum Gasteiger partial charge on any atom is 0.321 e. The van der Waals surface area contributed by atoms with E-state index in [1.54, 1.807) is 0 Å². The third kappa shape index (κ3) is 4.81. The third-order valence-corrected chi connectivity index (χ3v) is 6.38. The Morgan fingerprint density at radius 3 is 2.35 bits per heavy atom. The summed E-state index contributed by atoms with van der Waals surface area (Å²) in [7, 11) is -4.05. The molecular weight excluding hydrogens is 442 g/mol. The Balaban J connectivity index is 2.94. The largest absolute Gasteiger partial charge is 0.481 e. The predicted octanol–water partition coefficient (Wildman–Crippen LogP) is 1.87. The van der Waals surface area contributed by atoms with Gasteiger partial charge >= 0.3 is 11.9 Å². The number of sulfonamides is 1. The number of aliphatic carboxylic acids is 2. The van der Waals surface area contributed by atoms with Gasteiger partial charge in [-0.2, -0.15) is 4.72 Å². The molecule has 0 aliphatic heterocycles. The normalized spacial score (nSPS) is 13.1. The Kier molecular flexibility index (Phi) is 6.13. The van der Waals surface area contributed by atoms with Gasteiger partial charge in [-0.1, -0.05) is 0 Å². The molecule has 1 rings (SSSR count). The van der Waals surface area contributed by atoms with Crippen LogP contribution in [0.25, 0.3) is 0 Å². The highest BCUT2D eigenvalue weighted by molar-refractivity contribution is 9.12. The van der Waals surface area contributed by atoms with Gasteiger partial charge in [0.15, 0.2) is 0 Å². The highest BCUT2D eigenvalue weighted by atomic mass is 79.9. The van der Waals surface area contributed by atoms with E-state index in [-0.39, 0.29) is 11.3 Å². The molecule has 0 saturated carbocycles. The van der Waals surface area contributed by atoms with Crippen LogP contribution in [0.2, 0.25) is 0 Å². The van der Waals surface area contributed by atoms with Crippen LogP contribution < -0.4 is 4.72 Å². The van der Waals surface area contributed by atoms with E-state index < -0.39 is 34.4 Å². The van der Waals surface area contributed by atoms with Gasteiger partial charge in [0, 0.05) is 6.42 Å². The second-order valence-electron chi connectivity index (χ2n) is 3.63. The molecule has 0 fully saturated rings. The fourth-order valence-electron chi connectivity index (χ4n) is 1.26. The standard InChI is InChI=1S/C9H9Br2NO6S2/c10-6-3-5(8(11)19-6)20(17,18)12-4(9(15)16)1-2-7(13)14/h3-4,12H,1-2H2,(H,13,14)(H,15,16). The molecule has 0 spiro atoms. The molecule has 0 bridgehead atoms. The zero-order valence-electron chi connectivity index (χ0n) is 9.67. The summed E-state index contributed by atoms with van der Waals surface area (Å²) in [4.78, 5) is 21.3. The number of halogens is 2. The molecule has 1 heterocycles. The smallest absolute Gasteiger partial charge is 0.321 e. The first kappa shape index (κ1) is 17.6. The van der Waals surface area contributed by atoms with Gasteiger partial charge in [0.2, 0.25) is 10.0 Å². The molecule has 1 aromatic heterocycles. The number of thiophene rings is 1. The topological polar surface area (TPSA) is 121 Å². The minimum atomic E-state index is -4.05. The highest BCUT2D eigenvalue weighted by Gasteiger charge is 2.28. The lowest BCUT2D eigenvalue weighted by Gasteiger charge is -2.13. The minimum absolute atomic E-state index is 0.101. The van der Waals surface area contributed by atoms with Crippen molar-refractivity contribution >= 4 is 65.2 Å². The second-order valence-corrected chi connectivity index (χ2v) is 9.06. The summed E-state index contributed by atoms with van der Waals surface area (Å²) in [5.41, 5.74) is 0. The zero-order valence-corrected chi connectivity index (χ0v) is 14.5. The van der Waals surface area contributed by atoms with Crippen LogP contribution in [0, 0.1) is 0 Å². The van der Waals surface area contributed by atoms with Gasteiger partial charge in [0.1, 0.15) is 10.9 Å². The van der Waals surface area contributed by atoms with Crippen molar-refractivity contribution in [2.24, 2.45) is 0 Å². The van der Waals surface area contributed by atoms with Gasteiger partial charge in [-0.15, -0.1) is 11.3 Å². The van der Waals surface area contributed by atoms with E-state index in [1.807, 2.05) is 4.72 Å². The fraction of sp³-hybridized carbons (Fsp3) is 0.333. The van der Waals surface area contributed by atoms with E-state index in [9.17, 15) is 18.0 Å². The molecule has 3 N–H and O–H groups in total.